The molecule has 11 nitrogen and oxygen atoms in total. The van der Waals surface area contributed by atoms with E-state index in [0.717, 1.165) is 5.56 Å². The van der Waals surface area contributed by atoms with E-state index in [1.807, 2.05) is 7.05 Å². The monoisotopic (exact) mass is 422 g/mol. The van der Waals surface area contributed by atoms with Crippen LogP contribution in [0.2, 0.25) is 0 Å². The van der Waals surface area contributed by atoms with Crippen LogP contribution in [0.1, 0.15) is 23.9 Å². The van der Waals surface area contributed by atoms with E-state index in [1.165, 1.54) is 7.05 Å². The van der Waals surface area contributed by atoms with Crippen LogP contribution < -0.4 is 10.6 Å². The molecular formula is C20H22N8O3. The molecule has 2 unspecified atom stereocenters. The third kappa shape index (κ3) is 2.72. The minimum atomic E-state index is -1.16. The summed E-state index contributed by atoms with van der Waals surface area (Å²) in [4.78, 5) is 25.8. The number of carbonyl (C=O) groups excluding carboxylic acids is 1. The van der Waals surface area contributed by atoms with Crippen molar-refractivity contribution in [2.45, 2.75) is 24.7 Å². The number of carbonyl (C=O) groups is 1. The molecule has 0 aromatic carbocycles. The average Bonchev–Trinajstić information content (AvgIpc) is 3.02. The molecule has 11 heteroatoms. The van der Waals surface area contributed by atoms with Gasteiger partial charge in [0.25, 0.3) is 0 Å². The predicted molar refractivity (Wildman–Crippen MR) is 110 cm³/mol. The molecule has 2 fully saturated rings. The van der Waals surface area contributed by atoms with Gasteiger partial charge in [0.2, 0.25) is 11.7 Å². The highest BCUT2D eigenvalue weighted by atomic mass is 16.3. The van der Waals surface area contributed by atoms with E-state index in [2.05, 4.69) is 42.5 Å². The summed E-state index contributed by atoms with van der Waals surface area (Å²) in [5.74, 6) is 6.23. The number of aliphatic hydroxyl groups excluding tert-OH is 2. The Hall–Kier alpha value is -3.49. The first-order chi connectivity index (χ1) is 14.9. The molecule has 0 saturated heterocycles. The van der Waals surface area contributed by atoms with Gasteiger partial charge in [-0.05, 0) is 12.3 Å². The second-order valence-electron chi connectivity index (χ2n) is 7.98. The Balaban J connectivity index is 1.58. The van der Waals surface area contributed by atoms with E-state index in [1.54, 1.807) is 35.0 Å². The zero-order valence-electron chi connectivity index (χ0n) is 17.2. The number of aryl methyl sites for hydroxylation is 1. The summed E-state index contributed by atoms with van der Waals surface area (Å²) in [5, 5.41) is 31.1. The molecule has 3 aromatic heterocycles. The average molecular weight is 422 g/mol. The summed E-state index contributed by atoms with van der Waals surface area (Å²) in [6.45, 7) is 0. The Morgan fingerprint density at radius 2 is 2.10 bits per heavy atom. The fraction of sp³-hybridized carbons (Fsp3) is 0.450. The molecule has 4 N–H and O–H groups in total. The van der Waals surface area contributed by atoms with Crippen molar-refractivity contribution in [3.63, 3.8) is 0 Å². The summed E-state index contributed by atoms with van der Waals surface area (Å²) in [5.41, 5.74) is 0.755. The molecule has 5 rings (SSSR count). The maximum absolute atomic E-state index is 12.4. The van der Waals surface area contributed by atoms with E-state index < -0.39 is 23.7 Å². The van der Waals surface area contributed by atoms with Gasteiger partial charge in [0.05, 0.1) is 35.6 Å². The zero-order valence-corrected chi connectivity index (χ0v) is 17.2. The van der Waals surface area contributed by atoms with Crippen molar-refractivity contribution in [1.82, 2.24) is 34.6 Å². The largest absolute Gasteiger partial charge is 0.389 e. The number of anilines is 1. The molecule has 0 spiro atoms. The van der Waals surface area contributed by atoms with Crippen LogP contribution in [0.5, 0.6) is 0 Å². The second kappa shape index (κ2) is 6.76. The van der Waals surface area contributed by atoms with Crippen molar-refractivity contribution in [1.29, 1.82) is 0 Å². The quantitative estimate of drug-likeness (QED) is 0.395. The van der Waals surface area contributed by atoms with Crippen LogP contribution in [0.15, 0.2) is 18.7 Å². The molecule has 2 saturated carbocycles. The number of hydrogen-bond donors (Lipinski definition) is 4. The lowest BCUT2D eigenvalue weighted by molar-refractivity contribution is -0.132. The van der Waals surface area contributed by atoms with Gasteiger partial charge >= 0.3 is 0 Å². The Kier molecular flexibility index (Phi) is 4.25. The van der Waals surface area contributed by atoms with Crippen LogP contribution >= 0.6 is 0 Å². The van der Waals surface area contributed by atoms with E-state index >= 15 is 0 Å². The predicted octanol–water partition coefficient (Wildman–Crippen LogP) is -0.970. The maximum atomic E-state index is 12.4. The van der Waals surface area contributed by atoms with Gasteiger partial charge in [-0.25, -0.2) is 15.0 Å². The second-order valence-corrected chi connectivity index (χ2v) is 7.98. The zero-order chi connectivity index (χ0) is 21.9. The van der Waals surface area contributed by atoms with E-state index in [-0.39, 0.29) is 17.6 Å². The molecule has 160 valence electrons. The van der Waals surface area contributed by atoms with Gasteiger partial charge in [-0.15, -0.1) is 0 Å². The first-order valence-electron chi connectivity index (χ1n) is 9.92. The Morgan fingerprint density at radius 1 is 1.29 bits per heavy atom. The van der Waals surface area contributed by atoms with Crippen molar-refractivity contribution >= 4 is 22.9 Å². The van der Waals surface area contributed by atoms with Gasteiger partial charge in [-0.3, -0.25) is 9.48 Å². The van der Waals surface area contributed by atoms with Crippen molar-refractivity contribution in [3.05, 3.63) is 30.1 Å². The van der Waals surface area contributed by atoms with Crippen LogP contribution in [0, 0.1) is 23.2 Å². The standard InChI is InChI=1S/C20H22N8O3/c1-21-17-13-18(26-12(25-17)5-4-10-7-24-27(3)8-10)28(9-23-13)14-11-6-20(11,19(31)22-2)16(30)15(14)29/h7-9,11,14-16,29-30H,6H2,1-3H3,(H,22,31)(H,21,25,26)/t11?,14-,15+,16+,20?/m1/s1. The van der Waals surface area contributed by atoms with Gasteiger partial charge in [-0.1, -0.05) is 5.92 Å². The molecule has 0 aliphatic heterocycles. The molecule has 0 bridgehead atoms. The lowest BCUT2D eigenvalue weighted by Crippen LogP contribution is -2.41. The SMILES string of the molecule is CNC(=O)C12CC1[C@@H](n1cnc3c(NC)nc(C#Cc4cnn(C)c4)nc31)[C@H](O)[C@@H]2O. The van der Waals surface area contributed by atoms with Crippen LogP contribution in [0.25, 0.3) is 11.2 Å². The number of aliphatic hydroxyl groups is 2. The summed E-state index contributed by atoms with van der Waals surface area (Å²) in [6.07, 6.45) is 3.22. The highest BCUT2D eigenvalue weighted by Gasteiger charge is 2.75. The van der Waals surface area contributed by atoms with Crippen LogP contribution in [0.4, 0.5) is 5.82 Å². The van der Waals surface area contributed by atoms with E-state index in [4.69, 9.17) is 0 Å². The summed E-state index contributed by atoms with van der Waals surface area (Å²) in [6, 6.07) is -0.531. The Morgan fingerprint density at radius 3 is 2.77 bits per heavy atom. The van der Waals surface area contributed by atoms with Gasteiger partial charge in [0, 0.05) is 33.3 Å². The molecule has 2 aliphatic carbocycles. The number of amides is 1. The first-order valence-corrected chi connectivity index (χ1v) is 9.92. The normalized spacial score (nSPS) is 28.7. The number of hydrogen-bond acceptors (Lipinski definition) is 8. The van der Waals surface area contributed by atoms with Gasteiger partial charge in [-0.2, -0.15) is 5.10 Å². The van der Waals surface area contributed by atoms with Gasteiger partial charge in [0.1, 0.15) is 6.10 Å². The number of aromatic nitrogens is 6. The van der Waals surface area contributed by atoms with Crippen LogP contribution in [-0.2, 0) is 11.8 Å². The summed E-state index contributed by atoms with van der Waals surface area (Å²) >= 11 is 0. The molecule has 31 heavy (non-hydrogen) atoms. The van der Waals surface area contributed by atoms with Crippen LogP contribution in [-0.4, -0.2) is 71.7 Å². The van der Waals surface area contributed by atoms with Crippen molar-refractivity contribution < 1.29 is 15.0 Å². The smallest absolute Gasteiger partial charge is 0.229 e. The lowest BCUT2D eigenvalue weighted by Gasteiger charge is -2.23. The van der Waals surface area contributed by atoms with Gasteiger partial charge < -0.3 is 25.4 Å². The number of rotatable bonds is 3. The third-order valence-electron chi connectivity index (χ3n) is 6.33. The number of nitrogens with one attached hydrogen (secondary N) is 2. The van der Waals surface area contributed by atoms with Crippen molar-refractivity contribution in [3.8, 4) is 11.8 Å². The summed E-state index contributed by atoms with van der Waals surface area (Å²) < 4.78 is 3.38. The third-order valence-corrected chi connectivity index (χ3v) is 6.33. The molecule has 3 heterocycles. The molecule has 5 atom stereocenters. The van der Waals surface area contributed by atoms with E-state index in [0.29, 0.717) is 23.4 Å². The minimum absolute atomic E-state index is 0.215. The van der Waals surface area contributed by atoms with Gasteiger partial charge in [0.15, 0.2) is 17.0 Å². The number of nitrogens with zero attached hydrogens (tertiary/aromatic N) is 6. The highest BCUT2D eigenvalue weighted by molar-refractivity contribution is 5.88. The van der Waals surface area contributed by atoms with Crippen LogP contribution in [0.3, 0.4) is 0 Å². The maximum Gasteiger partial charge on any atom is 0.229 e. The highest BCUT2D eigenvalue weighted by Crippen LogP contribution is 2.67. The first kappa shape index (κ1) is 19.5. The Labute approximate surface area is 177 Å². The molecule has 3 aromatic rings. The van der Waals surface area contributed by atoms with Crippen molar-refractivity contribution in [2.75, 3.05) is 19.4 Å². The fourth-order valence-electron chi connectivity index (χ4n) is 4.77. The van der Waals surface area contributed by atoms with E-state index in [9.17, 15) is 15.0 Å². The Bertz CT molecular complexity index is 1250. The molecule has 1 amide bonds. The van der Waals surface area contributed by atoms with Crippen molar-refractivity contribution in [2.24, 2.45) is 18.4 Å². The molecular weight excluding hydrogens is 400 g/mol. The lowest BCUT2D eigenvalue weighted by atomic mass is 9.98. The number of fused-ring (bicyclic) bond motifs is 2. The molecule has 0 radical (unpaired) electrons. The topological polar surface area (TPSA) is 143 Å². The fourth-order valence-corrected chi connectivity index (χ4v) is 4.77. The minimum Gasteiger partial charge on any atom is -0.389 e. The molecule has 2 aliphatic rings. The summed E-state index contributed by atoms with van der Waals surface area (Å²) in [7, 11) is 5.07. The number of imidazole rings is 1.